The van der Waals surface area contributed by atoms with E-state index < -0.39 is 0 Å². The molecule has 1 fully saturated rings. The van der Waals surface area contributed by atoms with E-state index in [2.05, 4.69) is 13.8 Å². The molecular formula is C17H24O3. The van der Waals surface area contributed by atoms with Crippen molar-refractivity contribution in [2.75, 3.05) is 6.61 Å². The van der Waals surface area contributed by atoms with E-state index in [1.54, 1.807) is 6.07 Å². The molecule has 0 aliphatic heterocycles. The molecule has 2 rings (SSSR count). The van der Waals surface area contributed by atoms with Crippen LogP contribution in [-0.4, -0.2) is 19.0 Å². The molecule has 0 spiro atoms. The van der Waals surface area contributed by atoms with E-state index in [4.69, 9.17) is 9.47 Å². The van der Waals surface area contributed by atoms with Crippen molar-refractivity contribution in [3.63, 3.8) is 0 Å². The van der Waals surface area contributed by atoms with Gasteiger partial charge in [-0.3, -0.25) is 4.79 Å². The Hall–Kier alpha value is -1.51. The molecule has 1 aromatic carbocycles. The minimum Gasteiger partial charge on any atom is -0.493 e. The zero-order valence-electron chi connectivity index (χ0n) is 12.4. The molecule has 1 aromatic rings. The highest BCUT2D eigenvalue weighted by Gasteiger charge is 2.20. The van der Waals surface area contributed by atoms with Crippen molar-refractivity contribution in [2.45, 2.75) is 52.1 Å². The number of aldehydes is 1. The molecule has 0 saturated heterocycles. The van der Waals surface area contributed by atoms with Gasteiger partial charge in [0.2, 0.25) is 0 Å². The van der Waals surface area contributed by atoms with Crippen molar-refractivity contribution in [1.29, 1.82) is 0 Å². The van der Waals surface area contributed by atoms with Gasteiger partial charge >= 0.3 is 0 Å². The number of carbonyl (C=O) groups excluding carboxylic acids is 1. The fraction of sp³-hybridized carbons (Fsp3) is 0.588. The van der Waals surface area contributed by atoms with Crippen LogP contribution < -0.4 is 9.47 Å². The monoisotopic (exact) mass is 276 g/mol. The van der Waals surface area contributed by atoms with Gasteiger partial charge in [-0.25, -0.2) is 0 Å². The van der Waals surface area contributed by atoms with Gasteiger partial charge in [0.25, 0.3) is 0 Å². The Morgan fingerprint density at radius 2 is 2.00 bits per heavy atom. The zero-order chi connectivity index (χ0) is 14.4. The van der Waals surface area contributed by atoms with Crippen LogP contribution in [0.25, 0.3) is 0 Å². The second-order valence-electron chi connectivity index (χ2n) is 5.67. The van der Waals surface area contributed by atoms with Crippen molar-refractivity contribution in [1.82, 2.24) is 0 Å². The second kappa shape index (κ2) is 7.32. The van der Waals surface area contributed by atoms with Crippen LogP contribution in [0.1, 0.15) is 56.3 Å². The SMILES string of the molecule is CCCOc1ccc(C=O)c(OC2CCC(C)CC2)c1. The van der Waals surface area contributed by atoms with Crippen molar-refractivity contribution in [2.24, 2.45) is 5.92 Å². The highest BCUT2D eigenvalue weighted by molar-refractivity contribution is 5.79. The van der Waals surface area contributed by atoms with Crippen LogP contribution in [0, 0.1) is 5.92 Å². The third kappa shape index (κ3) is 3.99. The standard InChI is InChI=1S/C17H24O3/c1-3-10-19-16-9-6-14(12-18)17(11-16)20-15-7-4-13(2)5-8-15/h6,9,11-13,15H,3-5,7-8,10H2,1-2H3. The molecule has 0 amide bonds. The molecule has 0 heterocycles. The van der Waals surface area contributed by atoms with Crippen LogP contribution in [0.4, 0.5) is 0 Å². The summed E-state index contributed by atoms with van der Waals surface area (Å²) in [4.78, 5) is 11.1. The molecule has 0 unspecified atom stereocenters. The molecule has 1 aliphatic carbocycles. The Balaban J connectivity index is 2.05. The Morgan fingerprint density at radius 3 is 2.65 bits per heavy atom. The lowest BCUT2D eigenvalue weighted by Crippen LogP contribution is -2.23. The maximum absolute atomic E-state index is 11.1. The van der Waals surface area contributed by atoms with Crippen LogP contribution in [0.3, 0.4) is 0 Å². The summed E-state index contributed by atoms with van der Waals surface area (Å²) in [5, 5.41) is 0. The molecule has 20 heavy (non-hydrogen) atoms. The number of carbonyl (C=O) groups is 1. The Bertz CT molecular complexity index is 434. The molecule has 3 nitrogen and oxygen atoms in total. The van der Waals surface area contributed by atoms with E-state index in [1.807, 2.05) is 12.1 Å². The third-order valence-corrected chi connectivity index (χ3v) is 3.84. The summed E-state index contributed by atoms with van der Waals surface area (Å²) in [5.74, 6) is 2.23. The fourth-order valence-corrected chi connectivity index (χ4v) is 2.55. The van der Waals surface area contributed by atoms with Gasteiger partial charge in [-0.2, -0.15) is 0 Å². The average Bonchev–Trinajstić information content (AvgIpc) is 2.48. The van der Waals surface area contributed by atoms with Crippen molar-refractivity contribution < 1.29 is 14.3 Å². The third-order valence-electron chi connectivity index (χ3n) is 3.84. The molecular weight excluding hydrogens is 252 g/mol. The zero-order valence-corrected chi connectivity index (χ0v) is 12.4. The molecule has 1 aliphatic rings. The lowest BCUT2D eigenvalue weighted by Gasteiger charge is -2.27. The molecule has 110 valence electrons. The maximum Gasteiger partial charge on any atom is 0.153 e. The van der Waals surface area contributed by atoms with E-state index in [-0.39, 0.29) is 6.10 Å². The van der Waals surface area contributed by atoms with Gasteiger partial charge in [-0.05, 0) is 50.2 Å². The molecule has 3 heteroatoms. The minimum atomic E-state index is 0.228. The number of ether oxygens (including phenoxy) is 2. The predicted octanol–water partition coefficient (Wildman–Crippen LogP) is 4.25. The van der Waals surface area contributed by atoms with E-state index in [9.17, 15) is 4.79 Å². The number of hydrogen-bond donors (Lipinski definition) is 0. The molecule has 0 radical (unpaired) electrons. The van der Waals surface area contributed by atoms with Crippen LogP contribution in [0.5, 0.6) is 11.5 Å². The lowest BCUT2D eigenvalue weighted by atomic mass is 9.89. The minimum absolute atomic E-state index is 0.228. The highest BCUT2D eigenvalue weighted by Crippen LogP contribution is 2.30. The first-order valence-corrected chi connectivity index (χ1v) is 7.61. The van der Waals surface area contributed by atoms with Crippen LogP contribution >= 0.6 is 0 Å². The van der Waals surface area contributed by atoms with E-state index in [0.717, 1.165) is 37.2 Å². The maximum atomic E-state index is 11.1. The lowest BCUT2D eigenvalue weighted by molar-refractivity contribution is 0.110. The molecule has 0 atom stereocenters. The van der Waals surface area contributed by atoms with Gasteiger partial charge in [-0.15, -0.1) is 0 Å². The van der Waals surface area contributed by atoms with Crippen molar-refractivity contribution in [3.05, 3.63) is 23.8 Å². The molecule has 0 N–H and O–H groups in total. The first kappa shape index (κ1) is 14.9. The number of rotatable bonds is 6. The Kier molecular flexibility index (Phi) is 5.45. The van der Waals surface area contributed by atoms with Gasteiger partial charge < -0.3 is 9.47 Å². The van der Waals surface area contributed by atoms with Gasteiger partial charge in [0, 0.05) is 6.07 Å². The second-order valence-corrected chi connectivity index (χ2v) is 5.67. The predicted molar refractivity (Wildman–Crippen MR) is 79.7 cm³/mol. The van der Waals surface area contributed by atoms with Crippen LogP contribution in [0.2, 0.25) is 0 Å². The van der Waals surface area contributed by atoms with Crippen molar-refractivity contribution >= 4 is 6.29 Å². The summed E-state index contributed by atoms with van der Waals surface area (Å²) < 4.78 is 11.6. The van der Waals surface area contributed by atoms with Crippen molar-refractivity contribution in [3.8, 4) is 11.5 Å². The summed E-state index contributed by atoms with van der Waals surface area (Å²) in [5.41, 5.74) is 0.604. The van der Waals surface area contributed by atoms with Gasteiger partial charge in [0.15, 0.2) is 6.29 Å². The summed E-state index contributed by atoms with van der Waals surface area (Å²) in [6.45, 7) is 5.04. The summed E-state index contributed by atoms with van der Waals surface area (Å²) in [7, 11) is 0. The van der Waals surface area contributed by atoms with Crippen LogP contribution in [-0.2, 0) is 0 Å². The van der Waals surface area contributed by atoms with Gasteiger partial charge in [-0.1, -0.05) is 13.8 Å². The largest absolute Gasteiger partial charge is 0.493 e. The summed E-state index contributed by atoms with van der Waals surface area (Å²) in [6, 6.07) is 5.45. The van der Waals surface area contributed by atoms with Crippen LogP contribution in [0.15, 0.2) is 18.2 Å². The van der Waals surface area contributed by atoms with E-state index in [0.29, 0.717) is 17.9 Å². The van der Waals surface area contributed by atoms with E-state index >= 15 is 0 Å². The number of hydrogen-bond acceptors (Lipinski definition) is 3. The molecule has 1 saturated carbocycles. The smallest absolute Gasteiger partial charge is 0.153 e. The molecule has 0 bridgehead atoms. The normalized spacial score (nSPS) is 22.3. The topological polar surface area (TPSA) is 35.5 Å². The average molecular weight is 276 g/mol. The van der Waals surface area contributed by atoms with Gasteiger partial charge in [0.1, 0.15) is 11.5 Å². The highest BCUT2D eigenvalue weighted by atomic mass is 16.5. The first-order valence-electron chi connectivity index (χ1n) is 7.61. The number of benzene rings is 1. The van der Waals surface area contributed by atoms with E-state index in [1.165, 1.54) is 12.8 Å². The summed E-state index contributed by atoms with van der Waals surface area (Å²) in [6.07, 6.45) is 6.58. The van der Waals surface area contributed by atoms with Gasteiger partial charge in [0.05, 0.1) is 18.3 Å². The first-order chi connectivity index (χ1) is 9.72. The summed E-state index contributed by atoms with van der Waals surface area (Å²) >= 11 is 0. The molecule has 0 aromatic heterocycles. The quantitative estimate of drug-likeness (QED) is 0.729. The Morgan fingerprint density at radius 1 is 1.25 bits per heavy atom. The Labute approximate surface area is 121 Å². The fourth-order valence-electron chi connectivity index (χ4n) is 2.55.